The molecule has 6 heterocycles. The van der Waals surface area contributed by atoms with Crippen molar-refractivity contribution in [2.45, 2.75) is 75.7 Å². The second-order valence-electron chi connectivity index (χ2n) is 16.1. The number of terminal acetylenes is 1. The van der Waals surface area contributed by atoms with Crippen molar-refractivity contribution in [1.82, 2.24) is 20.3 Å². The maximum Gasteiger partial charge on any atom is 0.318 e. The Kier molecular flexibility index (Phi) is 11.0. The van der Waals surface area contributed by atoms with Crippen LogP contribution >= 0.6 is 0 Å². The largest absolute Gasteiger partial charge is 0.508 e. The monoisotopic (exact) mass is 793 g/mol. The number of benzene rings is 2. The van der Waals surface area contributed by atoms with Gasteiger partial charge in [0.25, 0.3) is 0 Å². The number of anilines is 3. The summed E-state index contributed by atoms with van der Waals surface area (Å²) in [5.41, 5.74) is 1.35. The first-order chi connectivity index (χ1) is 28.0. The number of fused-ring (bicyclic) bond motifs is 2. The summed E-state index contributed by atoms with van der Waals surface area (Å²) in [6, 6.07) is 10.2. The van der Waals surface area contributed by atoms with Crippen molar-refractivity contribution in [1.29, 1.82) is 0 Å². The van der Waals surface area contributed by atoms with Gasteiger partial charge in [0.2, 0.25) is 5.91 Å². The Balaban J connectivity index is 1.12. The molecule has 1 unspecified atom stereocenters. The minimum absolute atomic E-state index is 0.0217. The Hall–Kier alpha value is -5.68. The van der Waals surface area contributed by atoms with Crippen LogP contribution in [0, 0.1) is 18.2 Å². The van der Waals surface area contributed by atoms with Crippen LogP contribution in [0.15, 0.2) is 55.3 Å². The molecule has 5 atom stereocenters. The number of ether oxygens (including phenoxy) is 3. The zero-order valence-electron chi connectivity index (χ0n) is 32.9. The summed E-state index contributed by atoms with van der Waals surface area (Å²) in [5, 5.41) is 14.9. The van der Waals surface area contributed by atoms with Crippen LogP contribution in [0.4, 0.5) is 26.1 Å². The number of alkyl halides is 1. The molecule has 4 aliphatic rings. The number of phenolic OH excluding ortho intramolecular Hbond substituents is 1. The van der Waals surface area contributed by atoms with Crippen LogP contribution < -0.4 is 29.5 Å². The van der Waals surface area contributed by atoms with E-state index < -0.39 is 17.5 Å². The van der Waals surface area contributed by atoms with Crippen molar-refractivity contribution in [2.24, 2.45) is 0 Å². The lowest BCUT2D eigenvalue weighted by Crippen LogP contribution is -2.46. The second-order valence-corrected chi connectivity index (χ2v) is 16.1. The molecule has 3 fully saturated rings. The van der Waals surface area contributed by atoms with Gasteiger partial charge in [-0.2, -0.15) is 9.97 Å². The second kappa shape index (κ2) is 16.3. The van der Waals surface area contributed by atoms with Gasteiger partial charge in [-0.05, 0) is 80.5 Å². The van der Waals surface area contributed by atoms with Crippen LogP contribution in [0.2, 0.25) is 0 Å². The Labute approximate surface area is 337 Å². The highest BCUT2D eigenvalue weighted by molar-refractivity contribution is 5.93. The maximum absolute atomic E-state index is 15.4. The lowest BCUT2D eigenvalue weighted by molar-refractivity contribution is -0.117. The number of carbonyl (C=O) groups is 1. The number of phenols is 1. The number of hydrogen-bond acceptors (Lipinski definition) is 11. The summed E-state index contributed by atoms with van der Waals surface area (Å²) < 4.78 is 49.0. The Morgan fingerprint density at radius 3 is 2.83 bits per heavy atom. The van der Waals surface area contributed by atoms with Crippen LogP contribution in [-0.4, -0.2) is 102 Å². The molecule has 2 aromatic heterocycles. The van der Waals surface area contributed by atoms with Crippen LogP contribution in [0.3, 0.4) is 0 Å². The quantitative estimate of drug-likeness (QED) is 0.157. The molecule has 0 spiro atoms. The molecule has 0 saturated carbocycles. The highest BCUT2D eigenvalue weighted by Crippen LogP contribution is 2.43. The standard InChI is InChI=1S/C44H49F2N7O5/c1-5-34-36(46)12-10-28-17-33(54)19-35(40(28)34)29-18-37-41(57-25-29)42(51-14-8-7-9-31(23-51)48-39(55)6-2)50-43(49-37)58-26-44(4)20-30(45)22-53(44)32-11-13-38(47-21-32)52-15-16-56-24-27(52)3/h1,6,10-13,17,19,21,27,29-31,54H,2,7-9,14-16,18,20,22-26H2,3-4H3,(H,48,55)/t27-,29+,30-,31?,44+/m1/s1. The van der Waals surface area contributed by atoms with Gasteiger partial charge in [-0.25, -0.2) is 13.8 Å². The minimum atomic E-state index is -1.09. The van der Waals surface area contributed by atoms with Crippen LogP contribution in [0.25, 0.3) is 10.8 Å². The third kappa shape index (κ3) is 7.79. The third-order valence-electron chi connectivity index (χ3n) is 11.8. The van der Waals surface area contributed by atoms with Gasteiger partial charge in [-0.3, -0.25) is 4.79 Å². The molecule has 58 heavy (non-hydrogen) atoms. The van der Waals surface area contributed by atoms with E-state index in [1.165, 1.54) is 12.1 Å². The van der Waals surface area contributed by atoms with E-state index in [-0.39, 0.29) is 67.4 Å². The molecule has 2 N–H and O–H groups in total. The van der Waals surface area contributed by atoms with Gasteiger partial charge in [0.05, 0.1) is 61.1 Å². The van der Waals surface area contributed by atoms with Crippen molar-refractivity contribution < 1.29 is 32.9 Å². The molecule has 4 aliphatic heterocycles. The maximum atomic E-state index is 15.4. The number of rotatable bonds is 9. The predicted molar refractivity (Wildman–Crippen MR) is 218 cm³/mol. The van der Waals surface area contributed by atoms with Crippen LogP contribution in [0.5, 0.6) is 17.5 Å². The van der Waals surface area contributed by atoms with E-state index in [1.54, 1.807) is 24.4 Å². The fourth-order valence-electron chi connectivity index (χ4n) is 8.95. The number of nitrogens with zero attached hydrogens (tertiary/aromatic N) is 6. The molecule has 8 rings (SSSR count). The topological polar surface area (TPSA) is 125 Å². The summed E-state index contributed by atoms with van der Waals surface area (Å²) in [6.45, 7) is 11.3. The number of aromatic nitrogens is 3. The number of carbonyl (C=O) groups excluding carboxylic acids is 1. The predicted octanol–water partition coefficient (Wildman–Crippen LogP) is 5.84. The van der Waals surface area contributed by atoms with E-state index in [9.17, 15) is 9.90 Å². The lowest BCUT2D eigenvalue weighted by Gasteiger charge is -2.37. The summed E-state index contributed by atoms with van der Waals surface area (Å²) in [6.07, 6.45) is 10.9. The molecule has 0 aliphatic carbocycles. The average molecular weight is 794 g/mol. The molecule has 0 radical (unpaired) electrons. The molecule has 14 heteroatoms. The van der Waals surface area contributed by atoms with Gasteiger partial charge in [-0.1, -0.05) is 18.6 Å². The van der Waals surface area contributed by atoms with E-state index in [0.29, 0.717) is 66.3 Å². The first kappa shape index (κ1) is 39.2. The fraction of sp³-hybridized carbons (Fsp3) is 0.455. The number of aromatic hydroxyl groups is 1. The lowest BCUT2D eigenvalue weighted by atomic mass is 9.87. The first-order valence-electron chi connectivity index (χ1n) is 20.0. The van der Waals surface area contributed by atoms with E-state index in [0.717, 1.165) is 37.3 Å². The SMILES string of the molecule is C#Cc1c(F)ccc2cc(O)cc([C@@H]3COc4c(nc(OC[C@]5(C)C[C@@H](F)CN5c5ccc(N6CCOC[C@H]6C)nc5)nc4N4CCCCC(NC(=O)C=C)C4)C3)c12. The van der Waals surface area contributed by atoms with Gasteiger partial charge in [0.1, 0.15) is 30.2 Å². The van der Waals surface area contributed by atoms with Gasteiger partial charge >= 0.3 is 6.01 Å². The molecule has 3 saturated heterocycles. The number of hydrogen-bond donors (Lipinski definition) is 2. The average Bonchev–Trinajstić information content (AvgIpc) is 3.35. The van der Waals surface area contributed by atoms with E-state index >= 15 is 8.78 Å². The molecule has 0 bridgehead atoms. The molecular formula is C44H49F2N7O5. The summed E-state index contributed by atoms with van der Waals surface area (Å²) in [5.74, 6) is 3.26. The molecule has 1 amide bonds. The Morgan fingerprint density at radius 1 is 1.19 bits per heavy atom. The molecule has 2 aromatic carbocycles. The zero-order chi connectivity index (χ0) is 40.6. The van der Waals surface area contributed by atoms with Gasteiger partial charge in [0.15, 0.2) is 11.6 Å². The van der Waals surface area contributed by atoms with Crippen LogP contribution in [0.1, 0.15) is 62.3 Å². The number of pyridine rings is 1. The fourth-order valence-corrected chi connectivity index (χ4v) is 8.95. The number of halogens is 2. The van der Waals surface area contributed by atoms with E-state index in [1.807, 2.05) is 24.0 Å². The van der Waals surface area contributed by atoms with Crippen molar-refractivity contribution in [3.63, 3.8) is 0 Å². The van der Waals surface area contributed by atoms with Crippen molar-refractivity contribution in [2.75, 3.05) is 67.3 Å². The van der Waals surface area contributed by atoms with Crippen LogP contribution in [-0.2, 0) is 16.0 Å². The Bertz CT molecular complexity index is 2230. The third-order valence-corrected chi connectivity index (χ3v) is 11.8. The van der Waals surface area contributed by atoms with E-state index in [2.05, 4.69) is 34.5 Å². The van der Waals surface area contributed by atoms with Crippen molar-refractivity contribution in [3.8, 4) is 29.9 Å². The normalized spacial score (nSPS) is 24.7. The number of nitrogens with one attached hydrogen (secondary N) is 1. The molecular weight excluding hydrogens is 745 g/mol. The van der Waals surface area contributed by atoms with Gasteiger partial charge in [0, 0.05) is 49.8 Å². The van der Waals surface area contributed by atoms with Crippen molar-refractivity contribution in [3.05, 3.63) is 77.9 Å². The van der Waals surface area contributed by atoms with E-state index in [4.69, 9.17) is 35.6 Å². The smallest absolute Gasteiger partial charge is 0.318 e. The summed E-state index contributed by atoms with van der Waals surface area (Å²) in [4.78, 5) is 33.3. The van der Waals surface area contributed by atoms with Gasteiger partial charge in [-0.15, -0.1) is 6.42 Å². The summed E-state index contributed by atoms with van der Waals surface area (Å²) in [7, 11) is 0. The van der Waals surface area contributed by atoms with Crippen molar-refractivity contribution >= 4 is 34.0 Å². The highest BCUT2D eigenvalue weighted by Gasteiger charge is 2.44. The van der Waals surface area contributed by atoms with Gasteiger partial charge < -0.3 is 39.3 Å². The molecule has 304 valence electrons. The number of morpholine rings is 1. The summed E-state index contributed by atoms with van der Waals surface area (Å²) >= 11 is 0. The Morgan fingerprint density at radius 2 is 2.05 bits per heavy atom. The molecule has 4 aromatic rings. The zero-order valence-corrected chi connectivity index (χ0v) is 32.9. The first-order valence-corrected chi connectivity index (χ1v) is 20.0. The highest BCUT2D eigenvalue weighted by atomic mass is 19.1. The molecule has 12 nitrogen and oxygen atoms in total. The number of amides is 1. The minimum Gasteiger partial charge on any atom is -0.508 e.